The van der Waals surface area contributed by atoms with E-state index in [9.17, 15) is 0 Å². The van der Waals surface area contributed by atoms with Crippen LogP contribution in [0.15, 0.2) is 18.2 Å². The first kappa shape index (κ1) is 16.6. The van der Waals surface area contributed by atoms with Crippen molar-refractivity contribution in [2.45, 2.75) is 57.4 Å². The molecule has 21 heavy (non-hydrogen) atoms. The van der Waals surface area contributed by atoms with Crippen molar-refractivity contribution in [3.05, 3.63) is 29.3 Å². The van der Waals surface area contributed by atoms with Crippen LogP contribution in [0.1, 0.15) is 50.7 Å². The van der Waals surface area contributed by atoms with E-state index in [0.29, 0.717) is 11.5 Å². The number of hydrogen-bond acceptors (Lipinski definition) is 2. The van der Waals surface area contributed by atoms with Gasteiger partial charge in [0.1, 0.15) is 5.75 Å². The van der Waals surface area contributed by atoms with E-state index in [1.165, 1.54) is 44.2 Å². The fourth-order valence-corrected chi connectivity index (χ4v) is 4.74. The highest BCUT2D eigenvalue weighted by Crippen LogP contribution is 2.50. The lowest BCUT2D eigenvalue weighted by molar-refractivity contribution is 0.131. The second-order valence-electron chi connectivity index (χ2n) is 6.40. The van der Waals surface area contributed by atoms with Crippen LogP contribution < -0.4 is 10.1 Å². The Morgan fingerprint density at radius 3 is 2.71 bits per heavy atom. The number of benzene rings is 1. The molecule has 0 radical (unpaired) electrons. The number of ether oxygens (including phenoxy) is 1. The minimum atomic E-state index is 0. The largest absolute Gasteiger partial charge is 0.497 e. The molecule has 2 atom stereocenters. The number of nitrogens with one attached hydrogen (secondary N) is 1. The van der Waals surface area contributed by atoms with E-state index in [0.717, 1.165) is 11.7 Å². The van der Waals surface area contributed by atoms with E-state index >= 15 is 0 Å². The number of halogens is 1. The summed E-state index contributed by atoms with van der Waals surface area (Å²) in [6, 6.07) is 7.40. The van der Waals surface area contributed by atoms with E-state index in [-0.39, 0.29) is 12.4 Å². The van der Waals surface area contributed by atoms with Crippen LogP contribution in [0.25, 0.3) is 0 Å². The first-order chi connectivity index (χ1) is 9.75. The summed E-state index contributed by atoms with van der Waals surface area (Å²) in [6.07, 6.45) is 6.34. The standard InChI is InChI=1S/C18H27NO.ClH/c1-4-18(5-2)15-7-6-10-19-17(15)11-13-8-9-14(20-3)12-16(13)18;/h8-9,12,15,17,19H,4-7,10-11H2,1-3H3;1H. The zero-order valence-electron chi connectivity index (χ0n) is 13.4. The molecule has 2 unspecified atom stereocenters. The summed E-state index contributed by atoms with van der Waals surface area (Å²) in [4.78, 5) is 0. The highest BCUT2D eigenvalue weighted by atomic mass is 35.5. The molecule has 1 aromatic carbocycles. The molecule has 1 aromatic rings. The number of hydrogen-bond donors (Lipinski definition) is 1. The Bertz CT molecular complexity index is 484. The van der Waals surface area contributed by atoms with Crippen molar-refractivity contribution in [2.75, 3.05) is 13.7 Å². The number of piperidine rings is 1. The maximum atomic E-state index is 5.48. The second kappa shape index (κ2) is 6.58. The van der Waals surface area contributed by atoms with Gasteiger partial charge >= 0.3 is 0 Å². The maximum absolute atomic E-state index is 5.48. The highest BCUT2D eigenvalue weighted by Gasteiger charge is 2.47. The molecular formula is C18H28ClNO. The molecule has 1 aliphatic carbocycles. The Balaban J connectivity index is 0.00000161. The molecule has 0 amide bonds. The lowest BCUT2D eigenvalue weighted by Gasteiger charge is -2.51. The van der Waals surface area contributed by atoms with Crippen LogP contribution in [-0.4, -0.2) is 19.7 Å². The summed E-state index contributed by atoms with van der Waals surface area (Å²) >= 11 is 0. The smallest absolute Gasteiger partial charge is 0.119 e. The van der Waals surface area contributed by atoms with E-state index in [2.05, 4.69) is 37.4 Å². The molecule has 1 fully saturated rings. The van der Waals surface area contributed by atoms with Gasteiger partial charge < -0.3 is 10.1 Å². The highest BCUT2D eigenvalue weighted by molar-refractivity contribution is 5.85. The molecular weight excluding hydrogens is 282 g/mol. The molecule has 1 N–H and O–H groups in total. The van der Waals surface area contributed by atoms with Crippen LogP contribution in [0, 0.1) is 5.92 Å². The molecule has 1 heterocycles. The Morgan fingerprint density at radius 2 is 2.05 bits per heavy atom. The van der Waals surface area contributed by atoms with Gasteiger partial charge in [-0.3, -0.25) is 0 Å². The zero-order chi connectivity index (χ0) is 14.2. The molecule has 0 aromatic heterocycles. The van der Waals surface area contributed by atoms with Crippen molar-refractivity contribution >= 4 is 12.4 Å². The van der Waals surface area contributed by atoms with Crippen LogP contribution in [0.4, 0.5) is 0 Å². The lowest BCUT2D eigenvalue weighted by atomic mass is 9.57. The third kappa shape index (κ3) is 2.57. The van der Waals surface area contributed by atoms with Gasteiger partial charge in [0.15, 0.2) is 0 Å². The van der Waals surface area contributed by atoms with E-state index in [4.69, 9.17) is 4.74 Å². The zero-order valence-corrected chi connectivity index (χ0v) is 14.3. The summed E-state index contributed by atoms with van der Waals surface area (Å²) in [5.41, 5.74) is 3.43. The number of methoxy groups -OCH3 is 1. The summed E-state index contributed by atoms with van der Waals surface area (Å²) in [7, 11) is 1.77. The van der Waals surface area contributed by atoms with Crippen molar-refractivity contribution in [3.63, 3.8) is 0 Å². The van der Waals surface area contributed by atoms with Crippen molar-refractivity contribution in [1.82, 2.24) is 5.32 Å². The molecule has 0 bridgehead atoms. The van der Waals surface area contributed by atoms with Gasteiger partial charge in [0.05, 0.1) is 7.11 Å². The van der Waals surface area contributed by atoms with Gasteiger partial charge in [-0.05, 0) is 73.2 Å². The van der Waals surface area contributed by atoms with Crippen molar-refractivity contribution in [3.8, 4) is 5.75 Å². The van der Waals surface area contributed by atoms with Gasteiger partial charge in [0, 0.05) is 6.04 Å². The second-order valence-corrected chi connectivity index (χ2v) is 6.40. The van der Waals surface area contributed by atoms with E-state index in [1.807, 2.05) is 0 Å². The molecule has 3 rings (SSSR count). The minimum absolute atomic E-state index is 0. The first-order valence-electron chi connectivity index (χ1n) is 8.16. The lowest BCUT2D eigenvalue weighted by Crippen LogP contribution is -2.55. The third-order valence-corrected chi connectivity index (χ3v) is 5.85. The van der Waals surface area contributed by atoms with Crippen LogP contribution in [0.2, 0.25) is 0 Å². The molecule has 2 nitrogen and oxygen atoms in total. The molecule has 1 saturated heterocycles. The van der Waals surface area contributed by atoms with Gasteiger partial charge in [-0.1, -0.05) is 19.9 Å². The Kier molecular flexibility index (Phi) is 5.21. The molecule has 3 heteroatoms. The molecule has 0 spiro atoms. The minimum Gasteiger partial charge on any atom is -0.497 e. The molecule has 2 aliphatic rings. The molecule has 0 saturated carbocycles. The average Bonchev–Trinajstić information content (AvgIpc) is 2.52. The number of rotatable bonds is 3. The normalized spacial score (nSPS) is 26.2. The monoisotopic (exact) mass is 309 g/mol. The van der Waals surface area contributed by atoms with Crippen molar-refractivity contribution in [1.29, 1.82) is 0 Å². The van der Waals surface area contributed by atoms with Gasteiger partial charge in [0.25, 0.3) is 0 Å². The Labute approximate surface area is 135 Å². The van der Waals surface area contributed by atoms with E-state index < -0.39 is 0 Å². The fourth-order valence-electron chi connectivity index (χ4n) is 4.74. The summed E-state index contributed by atoms with van der Waals surface area (Å²) in [5, 5.41) is 3.78. The van der Waals surface area contributed by atoms with Crippen molar-refractivity contribution < 1.29 is 4.74 Å². The Morgan fingerprint density at radius 1 is 1.29 bits per heavy atom. The summed E-state index contributed by atoms with van der Waals surface area (Å²) < 4.78 is 5.48. The third-order valence-electron chi connectivity index (χ3n) is 5.85. The predicted molar refractivity (Wildman–Crippen MR) is 90.7 cm³/mol. The van der Waals surface area contributed by atoms with E-state index in [1.54, 1.807) is 12.7 Å². The topological polar surface area (TPSA) is 21.3 Å². The summed E-state index contributed by atoms with van der Waals surface area (Å²) in [5.74, 6) is 1.79. The van der Waals surface area contributed by atoms with Gasteiger partial charge in [0.2, 0.25) is 0 Å². The van der Waals surface area contributed by atoms with Gasteiger partial charge in [-0.15, -0.1) is 12.4 Å². The quantitative estimate of drug-likeness (QED) is 0.907. The van der Waals surface area contributed by atoms with Crippen LogP contribution in [0.5, 0.6) is 5.75 Å². The van der Waals surface area contributed by atoms with Gasteiger partial charge in [-0.25, -0.2) is 0 Å². The molecule has 1 aliphatic heterocycles. The Hall–Kier alpha value is -0.730. The fraction of sp³-hybridized carbons (Fsp3) is 0.667. The average molecular weight is 310 g/mol. The van der Waals surface area contributed by atoms with Gasteiger partial charge in [-0.2, -0.15) is 0 Å². The summed E-state index contributed by atoms with van der Waals surface area (Å²) in [6.45, 7) is 5.92. The molecule has 118 valence electrons. The SMILES string of the molecule is CCC1(CC)c2cc(OC)ccc2CC2NCCCC21.Cl. The van der Waals surface area contributed by atoms with Crippen LogP contribution in [0.3, 0.4) is 0 Å². The van der Waals surface area contributed by atoms with Crippen LogP contribution in [-0.2, 0) is 11.8 Å². The van der Waals surface area contributed by atoms with Crippen molar-refractivity contribution in [2.24, 2.45) is 5.92 Å². The first-order valence-corrected chi connectivity index (χ1v) is 8.16. The maximum Gasteiger partial charge on any atom is 0.119 e. The predicted octanol–water partition coefficient (Wildman–Crippen LogP) is 4.10. The van der Waals surface area contributed by atoms with Crippen LogP contribution >= 0.6 is 12.4 Å². The number of fused-ring (bicyclic) bond motifs is 2.